The van der Waals surface area contributed by atoms with Crippen LogP contribution in [0.2, 0.25) is 0 Å². The lowest BCUT2D eigenvalue weighted by Gasteiger charge is -2.14. The second-order valence-corrected chi connectivity index (χ2v) is 5.41. The Kier molecular flexibility index (Phi) is 6.93. The Morgan fingerprint density at radius 2 is 2.19 bits per heavy atom. The molecule has 2 N–H and O–H groups in total. The molecule has 7 nitrogen and oxygen atoms in total. The zero-order valence-electron chi connectivity index (χ0n) is 12.0. The van der Waals surface area contributed by atoms with Crippen LogP contribution in [-0.4, -0.2) is 44.8 Å². The summed E-state index contributed by atoms with van der Waals surface area (Å²) in [6.45, 7) is 2.30. The van der Waals surface area contributed by atoms with Gasteiger partial charge in [0.05, 0.1) is 0 Å². The first-order valence-electron chi connectivity index (χ1n) is 6.60. The van der Waals surface area contributed by atoms with Gasteiger partial charge in [0.2, 0.25) is 0 Å². The van der Waals surface area contributed by atoms with Crippen LogP contribution in [-0.2, 0) is 11.3 Å². The molecule has 1 unspecified atom stereocenters. The fourth-order valence-electron chi connectivity index (χ4n) is 1.67. The number of nitrogens with one attached hydrogen (secondary N) is 1. The van der Waals surface area contributed by atoms with Crippen molar-refractivity contribution in [3.05, 3.63) is 28.2 Å². The van der Waals surface area contributed by atoms with Crippen molar-refractivity contribution in [2.75, 3.05) is 12.0 Å². The number of aryl methyl sites for hydroxylation is 1. The first-order valence-corrected chi connectivity index (χ1v) is 7.99. The number of carboxylic acids is 1. The van der Waals surface area contributed by atoms with Gasteiger partial charge in [-0.1, -0.05) is 6.92 Å². The molecular weight excluding hydrogens is 294 g/mol. The summed E-state index contributed by atoms with van der Waals surface area (Å²) in [5, 5.41) is 15.5. The van der Waals surface area contributed by atoms with E-state index in [0.29, 0.717) is 25.1 Å². The molecule has 0 saturated heterocycles. The van der Waals surface area contributed by atoms with Gasteiger partial charge >= 0.3 is 5.97 Å². The smallest absolute Gasteiger partial charge is 0.326 e. The molecule has 0 saturated carbocycles. The van der Waals surface area contributed by atoms with Crippen LogP contribution in [0.15, 0.2) is 16.9 Å². The average molecular weight is 313 g/mol. The van der Waals surface area contributed by atoms with Crippen molar-refractivity contribution in [1.82, 2.24) is 15.1 Å². The molecule has 1 atom stereocenters. The van der Waals surface area contributed by atoms with Crippen LogP contribution < -0.4 is 10.9 Å². The van der Waals surface area contributed by atoms with Crippen LogP contribution in [0.5, 0.6) is 0 Å². The topological polar surface area (TPSA) is 101 Å². The van der Waals surface area contributed by atoms with Crippen molar-refractivity contribution in [3.63, 3.8) is 0 Å². The molecule has 0 aliphatic carbocycles. The summed E-state index contributed by atoms with van der Waals surface area (Å²) in [4.78, 5) is 34.7. The van der Waals surface area contributed by atoms with E-state index in [1.54, 1.807) is 0 Å². The predicted molar refractivity (Wildman–Crippen MR) is 80.7 cm³/mol. The molecule has 8 heteroatoms. The monoisotopic (exact) mass is 313 g/mol. The standard InChI is InChI=1S/C13H19N3O4S/c1-3-7-16-11(17)5-4-9(15-16)12(18)14-10(13(19)20)6-8-21-2/h4-5,10H,3,6-8H2,1-2H3,(H,14,18)(H,19,20). The first kappa shape index (κ1) is 17.2. The van der Waals surface area contributed by atoms with Crippen LogP contribution >= 0.6 is 11.8 Å². The van der Waals surface area contributed by atoms with E-state index in [0.717, 1.165) is 0 Å². The summed E-state index contributed by atoms with van der Waals surface area (Å²) in [7, 11) is 0. The number of hydrogen-bond donors (Lipinski definition) is 2. The van der Waals surface area contributed by atoms with Crippen molar-refractivity contribution in [2.24, 2.45) is 0 Å². The fraction of sp³-hybridized carbons (Fsp3) is 0.538. The van der Waals surface area contributed by atoms with Gasteiger partial charge in [-0.15, -0.1) is 0 Å². The van der Waals surface area contributed by atoms with Crippen molar-refractivity contribution in [2.45, 2.75) is 32.4 Å². The van der Waals surface area contributed by atoms with Gasteiger partial charge in [-0.25, -0.2) is 9.48 Å². The highest BCUT2D eigenvalue weighted by Gasteiger charge is 2.21. The van der Waals surface area contributed by atoms with E-state index < -0.39 is 17.9 Å². The molecule has 116 valence electrons. The third-order valence-electron chi connectivity index (χ3n) is 2.75. The number of rotatable bonds is 8. The Morgan fingerprint density at radius 3 is 2.76 bits per heavy atom. The molecule has 0 radical (unpaired) electrons. The Bertz CT molecular complexity index is 559. The van der Waals surface area contributed by atoms with Crippen molar-refractivity contribution in [1.29, 1.82) is 0 Å². The van der Waals surface area contributed by atoms with Crippen LogP contribution in [0.3, 0.4) is 0 Å². The number of thioether (sulfide) groups is 1. The van der Waals surface area contributed by atoms with Gasteiger partial charge in [-0.05, 0) is 30.9 Å². The number of carboxylic acid groups (broad SMARTS) is 1. The lowest BCUT2D eigenvalue weighted by Crippen LogP contribution is -2.42. The van der Waals surface area contributed by atoms with Gasteiger partial charge in [-0.3, -0.25) is 9.59 Å². The zero-order chi connectivity index (χ0) is 15.8. The van der Waals surface area contributed by atoms with Crippen LogP contribution in [0.1, 0.15) is 30.3 Å². The van der Waals surface area contributed by atoms with E-state index in [4.69, 9.17) is 5.11 Å². The molecule has 1 aromatic heterocycles. The normalized spacial score (nSPS) is 11.9. The SMILES string of the molecule is CCCn1nc(C(=O)NC(CCSC)C(=O)O)ccc1=O. The van der Waals surface area contributed by atoms with Gasteiger partial charge in [0.25, 0.3) is 11.5 Å². The predicted octanol–water partition coefficient (Wildman–Crippen LogP) is 0.589. The summed E-state index contributed by atoms with van der Waals surface area (Å²) in [6.07, 6.45) is 2.91. The summed E-state index contributed by atoms with van der Waals surface area (Å²) >= 11 is 1.51. The minimum Gasteiger partial charge on any atom is -0.480 e. The molecule has 1 aromatic rings. The number of amides is 1. The first-order chi connectivity index (χ1) is 9.99. The molecule has 0 spiro atoms. The molecule has 0 bridgehead atoms. The molecule has 1 rings (SSSR count). The minimum absolute atomic E-state index is 0.0402. The number of hydrogen-bond acceptors (Lipinski definition) is 5. The number of aromatic nitrogens is 2. The molecule has 0 aliphatic rings. The third-order valence-corrected chi connectivity index (χ3v) is 3.39. The summed E-state index contributed by atoms with van der Waals surface area (Å²) < 4.78 is 1.20. The molecule has 0 aromatic carbocycles. The van der Waals surface area contributed by atoms with E-state index >= 15 is 0 Å². The van der Waals surface area contributed by atoms with E-state index in [9.17, 15) is 14.4 Å². The molecule has 21 heavy (non-hydrogen) atoms. The highest BCUT2D eigenvalue weighted by atomic mass is 32.2. The molecule has 0 aliphatic heterocycles. The lowest BCUT2D eigenvalue weighted by molar-refractivity contribution is -0.139. The number of nitrogens with zero attached hydrogens (tertiary/aromatic N) is 2. The van der Waals surface area contributed by atoms with Crippen molar-refractivity contribution >= 4 is 23.6 Å². The van der Waals surface area contributed by atoms with Crippen LogP contribution in [0.4, 0.5) is 0 Å². The quantitative estimate of drug-likeness (QED) is 0.728. The van der Waals surface area contributed by atoms with Gasteiger partial charge < -0.3 is 10.4 Å². The summed E-state index contributed by atoms with van der Waals surface area (Å²) in [5.41, 5.74) is -0.246. The minimum atomic E-state index is -1.08. The molecule has 0 fully saturated rings. The average Bonchev–Trinajstić information content (AvgIpc) is 2.45. The van der Waals surface area contributed by atoms with E-state index in [1.165, 1.54) is 28.6 Å². The zero-order valence-corrected chi connectivity index (χ0v) is 12.9. The van der Waals surface area contributed by atoms with Crippen molar-refractivity contribution < 1.29 is 14.7 Å². The maximum atomic E-state index is 12.0. The highest BCUT2D eigenvalue weighted by molar-refractivity contribution is 7.98. The molecule has 1 heterocycles. The van der Waals surface area contributed by atoms with Crippen LogP contribution in [0, 0.1) is 0 Å². The van der Waals surface area contributed by atoms with E-state index in [1.807, 2.05) is 13.2 Å². The number of carbonyl (C=O) groups excluding carboxylic acids is 1. The Hall–Kier alpha value is -1.83. The second kappa shape index (κ2) is 8.46. The largest absolute Gasteiger partial charge is 0.480 e. The highest BCUT2D eigenvalue weighted by Crippen LogP contribution is 2.02. The van der Waals surface area contributed by atoms with Gasteiger partial charge in [0.1, 0.15) is 11.7 Å². The molecule has 1 amide bonds. The lowest BCUT2D eigenvalue weighted by atomic mass is 10.2. The number of aliphatic carboxylic acids is 1. The Balaban J connectivity index is 2.84. The Morgan fingerprint density at radius 1 is 1.48 bits per heavy atom. The Labute approximate surface area is 126 Å². The molecular formula is C13H19N3O4S. The van der Waals surface area contributed by atoms with Gasteiger partial charge in [0, 0.05) is 12.6 Å². The van der Waals surface area contributed by atoms with Crippen molar-refractivity contribution in [3.8, 4) is 0 Å². The van der Waals surface area contributed by atoms with E-state index in [-0.39, 0.29) is 11.3 Å². The third kappa shape index (κ3) is 5.22. The summed E-state index contributed by atoms with van der Waals surface area (Å²) in [6, 6.07) is 1.60. The van der Waals surface area contributed by atoms with Gasteiger partial charge in [0.15, 0.2) is 0 Å². The van der Waals surface area contributed by atoms with Crippen LogP contribution in [0.25, 0.3) is 0 Å². The van der Waals surface area contributed by atoms with E-state index in [2.05, 4.69) is 10.4 Å². The maximum absolute atomic E-state index is 12.0. The maximum Gasteiger partial charge on any atom is 0.326 e. The second-order valence-electron chi connectivity index (χ2n) is 4.43. The number of carbonyl (C=O) groups is 2. The van der Waals surface area contributed by atoms with Gasteiger partial charge in [-0.2, -0.15) is 16.9 Å². The summed E-state index contributed by atoms with van der Waals surface area (Å²) in [5.74, 6) is -1.05. The fourth-order valence-corrected chi connectivity index (χ4v) is 2.14.